The summed E-state index contributed by atoms with van der Waals surface area (Å²) >= 11 is 0. The van der Waals surface area contributed by atoms with Crippen molar-refractivity contribution >= 4 is 0 Å². The van der Waals surface area contributed by atoms with Crippen LogP contribution in [0.5, 0.6) is 0 Å². The highest BCUT2D eigenvalue weighted by Gasteiger charge is 2.50. The van der Waals surface area contributed by atoms with Crippen LogP contribution in [0.15, 0.2) is 23.3 Å². The summed E-state index contributed by atoms with van der Waals surface area (Å²) in [5.74, 6) is 11.5. The molecule has 0 heterocycles. The molecular formula is C44H72. The maximum absolute atomic E-state index is 3.15. The lowest BCUT2D eigenvalue weighted by Crippen LogP contribution is -2.48. The molecule has 7 aliphatic carbocycles. The van der Waals surface area contributed by atoms with Crippen LogP contribution in [0.1, 0.15) is 181 Å². The monoisotopic (exact) mass is 601 g/mol. The van der Waals surface area contributed by atoms with E-state index < -0.39 is 0 Å². The molecule has 0 aliphatic heterocycles. The van der Waals surface area contributed by atoms with Gasteiger partial charge in [-0.25, -0.2) is 0 Å². The third-order valence-electron chi connectivity index (χ3n) is 15.6. The molecule has 4 unspecified atom stereocenters. The molecule has 0 aromatic carbocycles. The second-order valence-electron chi connectivity index (χ2n) is 18.3. The van der Waals surface area contributed by atoms with E-state index in [9.17, 15) is 0 Å². The number of hydrogen-bond donors (Lipinski definition) is 0. The normalized spacial score (nSPS) is 43.7. The van der Waals surface area contributed by atoms with Gasteiger partial charge in [0, 0.05) is 0 Å². The Labute approximate surface area is 274 Å². The third kappa shape index (κ3) is 7.15. The van der Waals surface area contributed by atoms with Crippen molar-refractivity contribution in [3.8, 4) is 0 Å². The lowest BCUT2D eigenvalue weighted by atomic mass is 9.49. The van der Waals surface area contributed by atoms with Crippen LogP contribution in [0.25, 0.3) is 0 Å². The summed E-state index contributed by atoms with van der Waals surface area (Å²) in [6, 6.07) is 0. The van der Waals surface area contributed by atoms with Gasteiger partial charge >= 0.3 is 0 Å². The molecule has 0 spiro atoms. The van der Waals surface area contributed by atoms with Crippen molar-refractivity contribution in [1.29, 1.82) is 0 Å². The van der Waals surface area contributed by atoms with Gasteiger partial charge in [0.25, 0.3) is 0 Å². The smallest absolute Gasteiger partial charge is 0.0168 e. The Morgan fingerprint density at radius 3 is 0.909 bits per heavy atom. The minimum Gasteiger partial charge on any atom is -0.0811 e. The lowest BCUT2D eigenvalue weighted by molar-refractivity contribution is -0.0255. The fourth-order valence-electron chi connectivity index (χ4n) is 13.1. The number of allylic oxidation sites excluding steroid dienone is 4. The minimum atomic E-state index is 0.917. The Bertz CT molecular complexity index is 839. The van der Waals surface area contributed by atoms with E-state index in [1.54, 1.807) is 25.7 Å². The first-order valence-electron chi connectivity index (χ1n) is 21.1. The fraction of sp³-hybridized carbons (Fsp3) is 0.909. The van der Waals surface area contributed by atoms with Crippen molar-refractivity contribution < 1.29 is 0 Å². The summed E-state index contributed by atoms with van der Waals surface area (Å²) in [7, 11) is 0. The van der Waals surface area contributed by atoms with E-state index in [1.807, 2.05) is 11.1 Å². The van der Waals surface area contributed by atoms with Crippen LogP contribution in [-0.4, -0.2) is 0 Å². The van der Waals surface area contributed by atoms with E-state index in [4.69, 9.17) is 0 Å². The molecule has 4 atom stereocenters. The molecule has 7 rings (SSSR count). The second kappa shape index (κ2) is 15.1. The van der Waals surface area contributed by atoms with Crippen molar-refractivity contribution in [3.05, 3.63) is 23.3 Å². The molecule has 0 nitrogen and oxygen atoms in total. The molecule has 248 valence electrons. The van der Waals surface area contributed by atoms with Crippen LogP contribution in [0.2, 0.25) is 0 Å². The Morgan fingerprint density at radius 2 is 0.591 bits per heavy atom. The number of rotatable bonds is 6. The third-order valence-corrected chi connectivity index (χ3v) is 15.6. The summed E-state index contributed by atoms with van der Waals surface area (Å²) < 4.78 is 0. The Balaban J connectivity index is 1.23. The van der Waals surface area contributed by atoms with Gasteiger partial charge in [0.15, 0.2) is 0 Å². The fourth-order valence-corrected chi connectivity index (χ4v) is 13.1. The van der Waals surface area contributed by atoms with E-state index in [1.165, 1.54) is 141 Å². The maximum Gasteiger partial charge on any atom is -0.0168 e. The van der Waals surface area contributed by atoms with Crippen molar-refractivity contribution in [1.82, 2.24) is 0 Å². The molecule has 0 radical (unpaired) electrons. The molecule has 0 amide bonds. The van der Waals surface area contributed by atoms with E-state index in [0.29, 0.717) is 0 Å². The average molecular weight is 601 g/mol. The Morgan fingerprint density at radius 1 is 0.318 bits per heavy atom. The zero-order valence-corrected chi connectivity index (χ0v) is 29.5. The van der Waals surface area contributed by atoms with Crippen LogP contribution in [-0.2, 0) is 0 Å². The van der Waals surface area contributed by atoms with Crippen LogP contribution in [0.4, 0.5) is 0 Å². The number of fused-ring (bicyclic) bond motifs is 2. The van der Waals surface area contributed by atoms with Crippen molar-refractivity contribution in [2.75, 3.05) is 0 Å². The van der Waals surface area contributed by atoms with E-state index in [-0.39, 0.29) is 0 Å². The Hall–Kier alpha value is -0.520. The molecule has 7 fully saturated rings. The molecule has 0 N–H and O–H groups in total. The first-order valence-corrected chi connectivity index (χ1v) is 21.1. The van der Waals surface area contributed by atoms with Crippen molar-refractivity contribution in [3.63, 3.8) is 0 Å². The Kier molecular flexibility index (Phi) is 11.0. The minimum absolute atomic E-state index is 0.917. The summed E-state index contributed by atoms with van der Waals surface area (Å²) in [5, 5.41) is 0. The summed E-state index contributed by atoms with van der Waals surface area (Å²) in [4.78, 5) is 0. The molecule has 0 bridgehead atoms. The van der Waals surface area contributed by atoms with E-state index in [0.717, 1.165) is 71.0 Å². The van der Waals surface area contributed by atoms with Gasteiger partial charge in [0.05, 0.1) is 0 Å². The molecule has 0 heteroatoms. The van der Waals surface area contributed by atoms with Gasteiger partial charge in [-0.1, -0.05) is 127 Å². The standard InChI is InChI=1S/C44H72/c1-31-21-25-35(26-22-31)41(33-13-5-3-6-14-33)29-43-37-17-9-11-19-39(37)44(40-20-12-10-18-38(40)43)30-42(34-15-7-4-8-16-34)36-27-23-32(2)24-28-36/h29-40,43-44H,3-28H2,1-2H3. The lowest BCUT2D eigenvalue weighted by Gasteiger charge is -2.55. The van der Waals surface area contributed by atoms with E-state index >= 15 is 0 Å². The van der Waals surface area contributed by atoms with Crippen molar-refractivity contribution in [2.45, 2.75) is 181 Å². The molecule has 0 aromatic rings. The highest BCUT2D eigenvalue weighted by atomic mass is 14.5. The van der Waals surface area contributed by atoms with Gasteiger partial charge in [0.2, 0.25) is 0 Å². The van der Waals surface area contributed by atoms with Crippen LogP contribution in [0.3, 0.4) is 0 Å². The molecular weight excluding hydrogens is 528 g/mol. The summed E-state index contributed by atoms with van der Waals surface area (Å²) in [6.07, 6.45) is 45.7. The largest absolute Gasteiger partial charge is 0.0811 e. The molecule has 0 aromatic heterocycles. The SMILES string of the molecule is CC1CCC(C(=CC2C3CCCCC3C(C=C(C3CCCCC3)C3CCC(C)CC3)C3CCCCC23)C2CCCCC2)CC1. The highest BCUT2D eigenvalue weighted by molar-refractivity contribution is 5.22. The molecule has 44 heavy (non-hydrogen) atoms. The molecule has 7 saturated carbocycles. The topological polar surface area (TPSA) is 0 Å². The average Bonchev–Trinajstić information content (AvgIpc) is 3.08. The predicted molar refractivity (Wildman–Crippen MR) is 189 cm³/mol. The van der Waals surface area contributed by atoms with Crippen molar-refractivity contribution in [2.24, 2.45) is 71.0 Å². The summed E-state index contributed by atoms with van der Waals surface area (Å²) in [6.45, 7) is 5.06. The van der Waals surface area contributed by atoms with Crippen LogP contribution in [0, 0.1) is 71.0 Å². The van der Waals surface area contributed by atoms with Gasteiger partial charge in [-0.15, -0.1) is 0 Å². The van der Waals surface area contributed by atoms with Gasteiger partial charge in [0.1, 0.15) is 0 Å². The first-order chi connectivity index (χ1) is 21.7. The predicted octanol–water partition coefficient (Wildman–Crippen LogP) is 13.5. The zero-order chi connectivity index (χ0) is 29.9. The quantitative estimate of drug-likeness (QED) is 0.266. The van der Waals surface area contributed by atoms with Gasteiger partial charge in [-0.05, 0) is 148 Å². The first kappa shape index (κ1) is 32.0. The highest BCUT2D eigenvalue weighted by Crippen LogP contribution is 2.59. The van der Waals surface area contributed by atoms with Gasteiger partial charge < -0.3 is 0 Å². The summed E-state index contributed by atoms with van der Waals surface area (Å²) in [5.41, 5.74) is 4.09. The van der Waals surface area contributed by atoms with Gasteiger partial charge in [-0.2, -0.15) is 0 Å². The van der Waals surface area contributed by atoms with Crippen LogP contribution >= 0.6 is 0 Å². The maximum atomic E-state index is 3.15. The zero-order valence-electron chi connectivity index (χ0n) is 29.5. The van der Waals surface area contributed by atoms with E-state index in [2.05, 4.69) is 26.0 Å². The van der Waals surface area contributed by atoms with Gasteiger partial charge in [-0.3, -0.25) is 0 Å². The molecule has 7 aliphatic rings. The second-order valence-corrected chi connectivity index (χ2v) is 18.3. The van der Waals surface area contributed by atoms with Crippen LogP contribution < -0.4 is 0 Å². The molecule has 0 saturated heterocycles. The number of hydrogen-bond acceptors (Lipinski definition) is 0.